The van der Waals surface area contributed by atoms with E-state index >= 15 is 0 Å². The molecular formula is C20H22N6. The molecular weight excluding hydrogens is 324 g/mol. The van der Waals surface area contributed by atoms with Gasteiger partial charge in [0.15, 0.2) is 0 Å². The SMILES string of the molecule is Cc1cc(C)c(C#N)c(N2CCN(c3nc(C)cc(C)c3C#N)CC2)n1. The number of hydrogen-bond acceptors (Lipinski definition) is 6. The van der Waals surface area contributed by atoms with Crippen molar-refractivity contribution in [1.82, 2.24) is 9.97 Å². The maximum absolute atomic E-state index is 9.51. The number of piperazine rings is 1. The molecule has 6 heteroatoms. The second-order valence-electron chi connectivity index (χ2n) is 6.76. The van der Waals surface area contributed by atoms with E-state index in [-0.39, 0.29) is 0 Å². The third kappa shape index (κ3) is 3.19. The van der Waals surface area contributed by atoms with Crippen molar-refractivity contribution < 1.29 is 0 Å². The highest BCUT2D eigenvalue weighted by Crippen LogP contribution is 2.26. The largest absolute Gasteiger partial charge is 0.352 e. The predicted octanol–water partition coefficient (Wildman–Crippen LogP) is 2.78. The zero-order valence-corrected chi connectivity index (χ0v) is 15.7. The summed E-state index contributed by atoms with van der Waals surface area (Å²) >= 11 is 0. The minimum Gasteiger partial charge on any atom is -0.352 e. The van der Waals surface area contributed by atoms with Gasteiger partial charge in [0, 0.05) is 37.6 Å². The van der Waals surface area contributed by atoms with E-state index in [4.69, 9.17) is 0 Å². The molecule has 132 valence electrons. The molecule has 0 aliphatic carbocycles. The first-order valence-corrected chi connectivity index (χ1v) is 8.71. The standard InChI is InChI=1S/C20H22N6/c1-13-9-15(3)23-19(17(13)11-21)25-5-7-26(8-6-25)20-18(12-22)14(2)10-16(4)24-20/h9-10H,5-8H2,1-4H3. The highest BCUT2D eigenvalue weighted by Gasteiger charge is 2.24. The summed E-state index contributed by atoms with van der Waals surface area (Å²) in [5.74, 6) is 1.53. The smallest absolute Gasteiger partial charge is 0.147 e. The lowest BCUT2D eigenvalue weighted by atomic mass is 10.1. The van der Waals surface area contributed by atoms with E-state index in [2.05, 4.69) is 31.9 Å². The van der Waals surface area contributed by atoms with E-state index in [1.807, 2.05) is 39.8 Å². The van der Waals surface area contributed by atoms with Gasteiger partial charge in [-0.1, -0.05) is 0 Å². The van der Waals surface area contributed by atoms with E-state index in [0.717, 1.165) is 60.3 Å². The van der Waals surface area contributed by atoms with Crippen molar-refractivity contribution in [3.05, 3.63) is 45.8 Å². The van der Waals surface area contributed by atoms with Gasteiger partial charge in [-0.2, -0.15) is 10.5 Å². The minimum atomic E-state index is 0.645. The van der Waals surface area contributed by atoms with Gasteiger partial charge >= 0.3 is 0 Å². The normalized spacial score (nSPS) is 14.1. The van der Waals surface area contributed by atoms with Crippen LogP contribution in [0.25, 0.3) is 0 Å². The van der Waals surface area contributed by atoms with Crippen LogP contribution in [0.2, 0.25) is 0 Å². The van der Waals surface area contributed by atoms with Gasteiger partial charge in [0.2, 0.25) is 0 Å². The van der Waals surface area contributed by atoms with Crippen molar-refractivity contribution in [2.45, 2.75) is 27.7 Å². The number of aromatic nitrogens is 2. The van der Waals surface area contributed by atoms with Crippen molar-refractivity contribution >= 4 is 11.6 Å². The molecule has 1 fully saturated rings. The fourth-order valence-electron chi connectivity index (χ4n) is 3.50. The molecule has 0 unspecified atom stereocenters. The lowest BCUT2D eigenvalue weighted by molar-refractivity contribution is 0.639. The Morgan fingerprint density at radius 1 is 0.731 bits per heavy atom. The maximum atomic E-state index is 9.51. The van der Waals surface area contributed by atoms with Gasteiger partial charge in [-0.15, -0.1) is 0 Å². The summed E-state index contributed by atoms with van der Waals surface area (Å²) in [5.41, 5.74) is 5.04. The van der Waals surface area contributed by atoms with Crippen molar-refractivity contribution in [1.29, 1.82) is 10.5 Å². The fraction of sp³-hybridized carbons (Fsp3) is 0.400. The summed E-state index contributed by atoms with van der Waals surface area (Å²) in [6, 6.07) is 8.47. The third-order valence-corrected chi connectivity index (χ3v) is 4.75. The summed E-state index contributed by atoms with van der Waals surface area (Å²) in [6.07, 6.45) is 0. The Hall–Kier alpha value is -3.12. The molecule has 2 aromatic rings. The Labute approximate surface area is 154 Å². The molecule has 1 saturated heterocycles. The van der Waals surface area contributed by atoms with Crippen LogP contribution in [0.1, 0.15) is 33.6 Å². The topological polar surface area (TPSA) is 79.8 Å². The highest BCUT2D eigenvalue weighted by atomic mass is 15.3. The molecule has 6 nitrogen and oxygen atoms in total. The monoisotopic (exact) mass is 346 g/mol. The minimum absolute atomic E-state index is 0.645. The number of pyridine rings is 2. The van der Waals surface area contributed by atoms with Crippen molar-refractivity contribution in [3.8, 4) is 12.1 Å². The summed E-state index contributed by atoms with van der Waals surface area (Å²) in [4.78, 5) is 13.5. The second kappa shape index (κ2) is 7.01. The number of nitriles is 2. The molecule has 0 N–H and O–H groups in total. The van der Waals surface area contributed by atoms with Gasteiger partial charge < -0.3 is 9.80 Å². The van der Waals surface area contributed by atoms with E-state index in [0.29, 0.717) is 11.1 Å². The molecule has 0 aromatic carbocycles. The number of rotatable bonds is 2. The number of nitrogens with zero attached hydrogens (tertiary/aromatic N) is 6. The Morgan fingerprint density at radius 2 is 1.08 bits per heavy atom. The Bertz CT molecular complexity index is 849. The molecule has 0 spiro atoms. The molecule has 0 saturated carbocycles. The first-order chi connectivity index (χ1) is 12.4. The van der Waals surface area contributed by atoms with Crippen LogP contribution in [0, 0.1) is 50.4 Å². The lowest BCUT2D eigenvalue weighted by Gasteiger charge is -2.37. The van der Waals surface area contributed by atoms with E-state index in [1.54, 1.807) is 0 Å². The van der Waals surface area contributed by atoms with Gasteiger partial charge in [0.1, 0.15) is 23.8 Å². The number of aryl methyl sites for hydroxylation is 4. The molecule has 0 radical (unpaired) electrons. The number of anilines is 2. The molecule has 26 heavy (non-hydrogen) atoms. The number of hydrogen-bond donors (Lipinski definition) is 0. The van der Waals surface area contributed by atoms with Crippen LogP contribution in [0.4, 0.5) is 11.6 Å². The van der Waals surface area contributed by atoms with Crippen LogP contribution in [-0.4, -0.2) is 36.1 Å². The van der Waals surface area contributed by atoms with E-state index < -0.39 is 0 Å². The van der Waals surface area contributed by atoms with Crippen LogP contribution in [0.5, 0.6) is 0 Å². The summed E-state index contributed by atoms with van der Waals surface area (Å²) in [6.45, 7) is 10.8. The Morgan fingerprint density at radius 3 is 1.38 bits per heavy atom. The first kappa shape index (κ1) is 17.7. The average Bonchev–Trinajstić information content (AvgIpc) is 2.60. The predicted molar refractivity (Wildman–Crippen MR) is 101 cm³/mol. The highest BCUT2D eigenvalue weighted by molar-refractivity contribution is 5.61. The molecule has 0 amide bonds. The molecule has 3 rings (SSSR count). The summed E-state index contributed by atoms with van der Waals surface area (Å²) in [7, 11) is 0. The van der Waals surface area contributed by atoms with Crippen LogP contribution < -0.4 is 9.80 Å². The van der Waals surface area contributed by atoms with Crippen LogP contribution in [-0.2, 0) is 0 Å². The quantitative estimate of drug-likeness (QED) is 0.832. The molecule has 0 bridgehead atoms. The second-order valence-corrected chi connectivity index (χ2v) is 6.76. The van der Waals surface area contributed by atoms with Gasteiger partial charge in [0.25, 0.3) is 0 Å². The molecule has 0 atom stereocenters. The zero-order valence-electron chi connectivity index (χ0n) is 15.7. The third-order valence-electron chi connectivity index (χ3n) is 4.75. The fourth-order valence-corrected chi connectivity index (χ4v) is 3.50. The maximum Gasteiger partial charge on any atom is 0.147 e. The van der Waals surface area contributed by atoms with Gasteiger partial charge in [-0.3, -0.25) is 0 Å². The first-order valence-electron chi connectivity index (χ1n) is 8.71. The van der Waals surface area contributed by atoms with Crippen LogP contribution in [0.15, 0.2) is 12.1 Å². The molecule has 3 heterocycles. The molecule has 2 aromatic heterocycles. The van der Waals surface area contributed by atoms with Crippen molar-refractivity contribution in [2.75, 3.05) is 36.0 Å². The van der Waals surface area contributed by atoms with Crippen LogP contribution in [0.3, 0.4) is 0 Å². The lowest BCUT2D eigenvalue weighted by Crippen LogP contribution is -2.47. The Kier molecular flexibility index (Phi) is 4.77. The van der Waals surface area contributed by atoms with Crippen molar-refractivity contribution in [2.24, 2.45) is 0 Å². The van der Waals surface area contributed by atoms with E-state index in [1.165, 1.54) is 0 Å². The summed E-state index contributed by atoms with van der Waals surface area (Å²) < 4.78 is 0. The van der Waals surface area contributed by atoms with Gasteiger partial charge in [0.05, 0.1) is 11.1 Å². The average molecular weight is 346 g/mol. The molecule has 1 aliphatic heterocycles. The molecule has 1 aliphatic rings. The van der Waals surface area contributed by atoms with Crippen LogP contribution >= 0.6 is 0 Å². The zero-order chi connectivity index (χ0) is 18.8. The van der Waals surface area contributed by atoms with Crippen molar-refractivity contribution in [3.63, 3.8) is 0 Å². The van der Waals surface area contributed by atoms with Gasteiger partial charge in [-0.05, 0) is 51.0 Å². The summed E-state index contributed by atoms with van der Waals surface area (Å²) in [5, 5.41) is 19.0. The van der Waals surface area contributed by atoms with E-state index in [9.17, 15) is 10.5 Å². The Balaban J connectivity index is 1.86. The van der Waals surface area contributed by atoms with Gasteiger partial charge in [-0.25, -0.2) is 9.97 Å².